The Labute approximate surface area is 172 Å². The number of benzene rings is 2. The summed E-state index contributed by atoms with van der Waals surface area (Å²) in [5, 5.41) is 3.89. The highest BCUT2D eigenvalue weighted by molar-refractivity contribution is 6.33. The van der Waals surface area contributed by atoms with Gasteiger partial charge in [0.15, 0.2) is 5.78 Å². The molecule has 1 aromatic heterocycles. The van der Waals surface area contributed by atoms with Crippen LogP contribution in [0.25, 0.3) is 0 Å². The molecular weight excluding hydrogens is 400 g/mol. The number of ketones is 1. The first-order chi connectivity index (χ1) is 13.5. The molecule has 0 bridgehead atoms. The van der Waals surface area contributed by atoms with Gasteiger partial charge < -0.3 is 5.32 Å². The number of carbonyl (C=O) groups is 1. The molecule has 3 aromatic rings. The van der Waals surface area contributed by atoms with Crippen molar-refractivity contribution in [2.24, 2.45) is 0 Å². The van der Waals surface area contributed by atoms with Gasteiger partial charge in [-0.1, -0.05) is 47.5 Å². The minimum atomic E-state index is -1.26. The van der Waals surface area contributed by atoms with E-state index < -0.39 is 6.17 Å². The van der Waals surface area contributed by atoms with Crippen molar-refractivity contribution in [1.82, 2.24) is 9.97 Å². The van der Waals surface area contributed by atoms with Crippen molar-refractivity contribution in [1.29, 1.82) is 0 Å². The van der Waals surface area contributed by atoms with Crippen LogP contribution in [0.15, 0.2) is 54.9 Å². The van der Waals surface area contributed by atoms with E-state index in [0.717, 1.165) is 5.56 Å². The normalized spacial score (nSPS) is 11.9. The second-order valence-electron chi connectivity index (χ2n) is 6.25. The summed E-state index contributed by atoms with van der Waals surface area (Å²) >= 11 is 12.0. The average molecular weight is 418 g/mol. The molecule has 1 N–H and O–H groups in total. The summed E-state index contributed by atoms with van der Waals surface area (Å²) < 4.78 is 13.5. The Bertz CT molecular complexity index is 960. The number of rotatable bonds is 7. The fraction of sp³-hybridized carbons (Fsp3) is 0.190. The third kappa shape index (κ3) is 4.86. The Balaban J connectivity index is 1.60. The van der Waals surface area contributed by atoms with Gasteiger partial charge >= 0.3 is 0 Å². The second-order valence-corrected chi connectivity index (χ2v) is 7.06. The number of carbonyl (C=O) groups excluding carboxylic acids is 1. The number of hydrogen-bond acceptors (Lipinski definition) is 4. The monoisotopic (exact) mass is 417 g/mol. The van der Waals surface area contributed by atoms with Crippen LogP contribution in [0.4, 0.5) is 10.2 Å². The number of nitrogens with one attached hydrogen (secondary N) is 1. The van der Waals surface area contributed by atoms with Gasteiger partial charge in [-0.2, -0.15) is 0 Å². The van der Waals surface area contributed by atoms with Gasteiger partial charge in [0.1, 0.15) is 23.3 Å². The summed E-state index contributed by atoms with van der Waals surface area (Å²) in [6.07, 6.45) is 0.717. The van der Waals surface area contributed by atoms with E-state index in [9.17, 15) is 9.18 Å². The molecule has 0 saturated carbocycles. The van der Waals surface area contributed by atoms with Crippen LogP contribution >= 0.6 is 23.2 Å². The molecule has 0 aliphatic rings. The zero-order chi connectivity index (χ0) is 20.1. The van der Waals surface area contributed by atoms with Crippen molar-refractivity contribution in [3.63, 3.8) is 0 Å². The number of nitrogens with zero attached hydrogens (tertiary/aromatic N) is 2. The lowest BCUT2D eigenvalue weighted by atomic mass is 10.0. The third-order valence-electron chi connectivity index (χ3n) is 4.22. The summed E-state index contributed by atoms with van der Waals surface area (Å²) in [6.45, 7) is 1.94. The zero-order valence-corrected chi connectivity index (χ0v) is 16.6. The van der Waals surface area contributed by atoms with Crippen LogP contribution in [0.1, 0.15) is 40.3 Å². The number of anilines is 1. The van der Waals surface area contributed by atoms with Crippen LogP contribution < -0.4 is 5.32 Å². The van der Waals surface area contributed by atoms with E-state index >= 15 is 0 Å². The molecule has 0 saturated heterocycles. The van der Waals surface area contributed by atoms with Crippen molar-refractivity contribution < 1.29 is 9.18 Å². The minimum absolute atomic E-state index is 0.0537. The van der Waals surface area contributed by atoms with E-state index in [-0.39, 0.29) is 16.5 Å². The first kappa shape index (κ1) is 20.2. The van der Waals surface area contributed by atoms with Crippen molar-refractivity contribution in [2.45, 2.75) is 19.5 Å². The third-order valence-corrected chi connectivity index (χ3v) is 4.85. The van der Waals surface area contributed by atoms with Crippen LogP contribution in [0.5, 0.6) is 0 Å². The van der Waals surface area contributed by atoms with Crippen LogP contribution in [-0.2, 0) is 6.42 Å². The molecule has 2 aromatic carbocycles. The highest BCUT2D eigenvalue weighted by atomic mass is 35.5. The highest BCUT2D eigenvalue weighted by Gasteiger charge is 2.14. The van der Waals surface area contributed by atoms with Gasteiger partial charge in [0.25, 0.3) is 0 Å². The van der Waals surface area contributed by atoms with E-state index in [4.69, 9.17) is 23.2 Å². The molecule has 1 unspecified atom stereocenters. The standard InChI is InChI=1S/C21H18Cl2FN3O/c1-13(24)19-18(23)21(27-12-26-19)25-11-10-14-2-4-15(5-3-14)20(28)16-6-8-17(22)9-7-16/h2-9,12-13H,10-11H2,1H3,(H,25,26,27). The molecule has 4 nitrogen and oxygen atoms in total. The lowest BCUT2D eigenvalue weighted by molar-refractivity contribution is 0.103. The second kappa shape index (κ2) is 9.13. The largest absolute Gasteiger partial charge is 0.368 e. The van der Waals surface area contributed by atoms with Gasteiger partial charge in [0.2, 0.25) is 0 Å². The van der Waals surface area contributed by atoms with Crippen LogP contribution in [0.2, 0.25) is 10.0 Å². The maximum Gasteiger partial charge on any atom is 0.193 e. The quantitative estimate of drug-likeness (QED) is 0.500. The molecular formula is C21H18Cl2FN3O. The van der Waals surface area contributed by atoms with Crippen molar-refractivity contribution in [3.8, 4) is 0 Å². The molecule has 0 amide bonds. The first-order valence-corrected chi connectivity index (χ1v) is 9.49. The highest BCUT2D eigenvalue weighted by Crippen LogP contribution is 2.28. The molecule has 0 aliphatic heterocycles. The topological polar surface area (TPSA) is 54.9 Å². The van der Waals surface area contributed by atoms with Gasteiger partial charge in [-0.05, 0) is 43.2 Å². The van der Waals surface area contributed by atoms with Gasteiger partial charge in [-0.25, -0.2) is 14.4 Å². The van der Waals surface area contributed by atoms with Crippen molar-refractivity contribution in [2.75, 3.05) is 11.9 Å². The molecule has 3 rings (SSSR count). The lowest BCUT2D eigenvalue weighted by Gasteiger charge is -2.10. The lowest BCUT2D eigenvalue weighted by Crippen LogP contribution is -2.09. The summed E-state index contributed by atoms with van der Waals surface area (Å²) in [5.41, 5.74) is 2.42. The predicted molar refractivity (Wildman–Crippen MR) is 110 cm³/mol. The van der Waals surface area contributed by atoms with E-state index in [1.807, 2.05) is 12.1 Å². The van der Waals surface area contributed by atoms with Gasteiger partial charge in [0.05, 0.1) is 5.69 Å². The van der Waals surface area contributed by atoms with E-state index in [1.54, 1.807) is 36.4 Å². The smallest absolute Gasteiger partial charge is 0.193 e. The minimum Gasteiger partial charge on any atom is -0.368 e. The Morgan fingerprint density at radius 2 is 1.64 bits per heavy atom. The summed E-state index contributed by atoms with van der Waals surface area (Å²) in [7, 11) is 0. The average Bonchev–Trinajstić information content (AvgIpc) is 2.69. The number of aromatic nitrogens is 2. The maximum atomic E-state index is 13.5. The van der Waals surface area contributed by atoms with Gasteiger partial charge in [0, 0.05) is 22.7 Å². The van der Waals surface area contributed by atoms with Crippen molar-refractivity contribution >= 4 is 34.8 Å². The van der Waals surface area contributed by atoms with Crippen LogP contribution in [-0.4, -0.2) is 22.3 Å². The number of halogens is 3. The van der Waals surface area contributed by atoms with E-state index in [0.29, 0.717) is 34.9 Å². The molecule has 144 valence electrons. The van der Waals surface area contributed by atoms with Crippen molar-refractivity contribution in [3.05, 3.63) is 87.3 Å². The molecule has 0 fully saturated rings. The summed E-state index contributed by atoms with van der Waals surface area (Å²) in [6, 6.07) is 14.2. The number of hydrogen-bond donors (Lipinski definition) is 1. The fourth-order valence-corrected chi connectivity index (χ4v) is 3.14. The van der Waals surface area contributed by atoms with Gasteiger partial charge in [-0.15, -0.1) is 0 Å². The Hall–Kier alpha value is -2.50. The van der Waals surface area contributed by atoms with E-state index in [1.165, 1.54) is 13.3 Å². The molecule has 0 aliphatic carbocycles. The predicted octanol–water partition coefficient (Wildman–Crippen LogP) is 5.70. The van der Waals surface area contributed by atoms with Gasteiger partial charge in [-0.3, -0.25) is 4.79 Å². The molecule has 1 heterocycles. The Morgan fingerprint density at radius 1 is 1.04 bits per heavy atom. The first-order valence-electron chi connectivity index (χ1n) is 8.73. The molecule has 0 radical (unpaired) electrons. The summed E-state index contributed by atoms with van der Waals surface area (Å²) in [5.74, 6) is 0.354. The summed E-state index contributed by atoms with van der Waals surface area (Å²) in [4.78, 5) is 20.4. The Morgan fingerprint density at radius 3 is 2.25 bits per heavy atom. The van der Waals surface area contributed by atoms with Crippen LogP contribution in [0, 0.1) is 0 Å². The molecule has 1 atom stereocenters. The Kier molecular flexibility index (Phi) is 6.60. The molecule has 0 spiro atoms. The molecule has 7 heteroatoms. The SMILES string of the molecule is CC(F)c1ncnc(NCCc2ccc(C(=O)c3ccc(Cl)cc3)cc2)c1Cl. The van der Waals surface area contributed by atoms with E-state index in [2.05, 4.69) is 15.3 Å². The zero-order valence-electron chi connectivity index (χ0n) is 15.1. The van der Waals surface area contributed by atoms with Crippen LogP contribution in [0.3, 0.4) is 0 Å². The number of alkyl halides is 1. The fourth-order valence-electron chi connectivity index (χ4n) is 2.70. The maximum absolute atomic E-state index is 13.5. The molecule has 28 heavy (non-hydrogen) atoms.